The van der Waals surface area contributed by atoms with Gasteiger partial charge in [-0.15, -0.1) is 0 Å². The Hall–Kier alpha value is -1.06. The maximum atomic E-state index is 12.4. The van der Waals surface area contributed by atoms with Crippen LogP contribution in [0.1, 0.15) is 52.4 Å². The third-order valence-corrected chi connectivity index (χ3v) is 3.96. The Kier molecular flexibility index (Phi) is 6.89. The molecule has 0 bridgehead atoms. The van der Waals surface area contributed by atoms with Crippen molar-refractivity contribution in [3.8, 4) is 0 Å². The number of nitrogens with zero attached hydrogens (tertiary/aromatic N) is 1. The molecule has 1 rings (SSSR count). The molecule has 19 heavy (non-hydrogen) atoms. The highest BCUT2D eigenvalue weighted by Gasteiger charge is 2.30. The molecule has 0 spiro atoms. The maximum absolute atomic E-state index is 12.4. The predicted octanol–water partition coefficient (Wildman–Crippen LogP) is 2.61. The number of carbonyl (C=O) groups is 2. The lowest BCUT2D eigenvalue weighted by molar-refractivity contribution is -0.149. The van der Waals surface area contributed by atoms with Gasteiger partial charge in [-0.05, 0) is 25.7 Å². The average Bonchev–Trinajstić information content (AvgIpc) is 2.45. The molecule has 0 unspecified atom stereocenters. The molecule has 4 nitrogen and oxygen atoms in total. The molecule has 0 aromatic heterocycles. The maximum Gasteiger partial charge on any atom is 0.308 e. The van der Waals surface area contributed by atoms with Gasteiger partial charge in [0.25, 0.3) is 0 Å². The zero-order valence-corrected chi connectivity index (χ0v) is 12.5. The Morgan fingerprint density at radius 3 is 2.11 bits per heavy atom. The molecule has 0 radical (unpaired) electrons. The summed E-state index contributed by atoms with van der Waals surface area (Å²) in [4.78, 5) is 25.8. The molecule has 0 atom stereocenters. The first kappa shape index (κ1) is 16.0. The molecular weight excluding hydrogens is 242 g/mol. The van der Waals surface area contributed by atoms with Gasteiger partial charge in [-0.25, -0.2) is 0 Å². The molecule has 1 aliphatic rings. The van der Waals surface area contributed by atoms with E-state index in [0.717, 1.165) is 38.5 Å². The molecule has 0 saturated carbocycles. The van der Waals surface area contributed by atoms with Crippen molar-refractivity contribution in [2.75, 3.05) is 20.2 Å². The summed E-state index contributed by atoms with van der Waals surface area (Å²) in [5, 5.41) is 0. The molecule has 110 valence electrons. The van der Waals surface area contributed by atoms with Gasteiger partial charge in [0.05, 0.1) is 13.0 Å². The molecule has 1 aliphatic heterocycles. The van der Waals surface area contributed by atoms with E-state index < -0.39 is 0 Å². The van der Waals surface area contributed by atoms with Crippen molar-refractivity contribution < 1.29 is 14.3 Å². The van der Waals surface area contributed by atoms with E-state index in [-0.39, 0.29) is 23.7 Å². The number of carbonyl (C=O) groups excluding carboxylic acids is 2. The van der Waals surface area contributed by atoms with Gasteiger partial charge >= 0.3 is 5.97 Å². The number of methoxy groups -OCH3 is 1. The summed E-state index contributed by atoms with van der Waals surface area (Å²) < 4.78 is 4.77. The van der Waals surface area contributed by atoms with Crippen molar-refractivity contribution in [2.24, 2.45) is 11.8 Å². The van der Waals surface area contributed by atoms with E-state index in [2.05, 4.69) is 13.8 Å². The number of hydrogen-bond donors (Lipinski definition) is 0. The van der Waals surface area contributed by atoms with Crippen molar-refractivity contribution in [1.82, 2.24) is 4.90 Å². The lowest BCUT2D eigenvalue weighted by Gasteiger charge is -2.33. The van der Waals surface area contributed by atoms with Crippen molar-refractivity contribution in [3.05, 3.63) is 0 Å². The molecule has 1 saturated heterocycles. The smallest absolute Gasteiger partial charge is 0.308 e. The Morgan fingerprint density at radius 2 is 1.68 bits per heavy atom. The minimum atomic E-state index is -0.134. The van der Waals surface area contributed by atoms with Crippen LogP contribution in [0, 0.1) is 11.8 Å². The Balaban J connectivity index is 2.48. The van der Waals surface area contributed by atoms with Crippen LogP contribution >= 0.6 is 0 Å². The lowest BCUT2D eigenvalue weighted by atomic mass is 9.93. The summed E-state index contributed by atoms with van der Waals surface area (Å²) in [5.74, 6) is 0.298. The number of ether oxygens (including phenoxy) is 1. The van der Waals surface area contributed by atoms with E-state index in [1.165, 1.54) is 7.11 Å². The largest absolute Gasteiger partial charge is 0.469 e. The molecule has 1 amide bonds. The van der Waals surface area contributed by atoms with Gasteiger partial charge < -0.3 is 9.64 Å². The van der Waals surface area contributed by atoms with Crippen LogP contribution < -0.4 is 0 Å². The Morgan fingerprint density at radius 1 is 1.16 bits per heavy atom. The Labute approximate surface area is 116 Å². The molecule has 0 aliphatic carbocycles. The van der Waals surface area contributed by atoms with Crippen LogP contribution in [0.2, 0.25) is 0 Å². The highest BCUT2D eigenvalue weighted by atomic mass is 16.5. The van der Waals surface area contributed by atoms with Crippen molar-refractivity contribution >= 4 is 11.9 Å². The van der Waals surface area contributed by atoms with Crippen molar-refractivity contribution in [2.45, 2.75) is 52.4 Å². The monoisotopic (exact) mass is 269 g/mol. The van der Waals surface area contributed by atoms with Gasteiger partial charge in [0, 0.05) is 19.0 Å². The van der Waals surface area contributed by atoms with Crippen LogP contribution in [0.15, 0.2) is 0 Å². The van der Waals surface area contributed by atoms with Crippen molar-refractivity contribution in [3.63, 3.8) is 0 Å². The third-order valence-electron chi connectivity index (χ3n) is 3.96. The average molecular weight is 269 g/mol. The second kappa shape index (κ2) is 8.18. The molecule has 0 N–H and O–H groups in total. The summed E-state index contributed by atoms with van der Waals surface area (Å²) in [7, 11) is 1.43. The topological polar surface area (TPSA) is 46.6 Å². The summed E-state index contributed by atoms with van der Waals surface area (Å²) in [5.41, 5.74) is 0. The molecule has 1 heterocycles. The second-order valence-electron chi connectivity index (χ2n) is 5.40. The first-order chi connectivity index (χ1) is 9.13. The van der Waals surface area contributed by atoms with E-state index in [9.17, 15) is 9.59 Å². The number of piperidine rings is 1. The van der Waals surface area contributed by atoms with Crippen molar-refractivity contribution in [1.29, 1.82) is 0 Å². The van der Waals surface area contributed by atoms with E-state index >= 15 is 0 Å². The summed E-state index contributed by atoms with van der Waals surface area (Å²) in [6, 6.07) is 0. The zero-order valence-electron chi connectivity index (χ0n) is 12.5. The van der Waals surface area contributed by atoms with Crippen LogP contribution in [0.3, 0.4) is 0 Å². The van der Waals surface area contributed by atoms with E-state index in [1.54, 1.807) is 0 Å². The first-order valence-electron chi connectivity index (χ1n) is 7.50. The van der Waals surface area contributed by atoms with Gasteiger partial charge in [0.2, 0.25) is 5.91 Å². The minimum Gasteiger partial charge on any atom is -0.469 e. The number of esters is 1. The number of likely N-dealkylation sites (tertiary alicyclic amines) is 1. The van der Waals surface area contributed by atoms with Crippen LogP contribution in [-0.4, -0.2) is 37.0 Å². The quantitative estimate of drug-likeness (QED) is 0.696. The lowest BCUT2D eigenvalue weighted by Crippen LogP contribution is -2.43. The number of amides is 1. The fourth-order valence-electron chi connectivity index (χ4n) is 2.85. The van der Waals surface area contributed by atoms with Gasteiger partial charge in [-0.3, -0.25) is 9.59 Å². The molecule has 0 aromatic carbocycles. The molecule has 1 fully saturated rings. The molecule has 0 aromatic rings. The Bertz CT molecular complexity index is 290. The van der Waals surface area contributed by atoms with E-state index in [1.807, 2.05) is 4.90 Å². The number of rotatable bonds is 6. The highest BCUT2D eigenvalue weighted by Crippen LogP contribution is 2.23. The van der Waals surface area contributed by atoms with Crippen LogP contribution in [0.4, 0.5) is 0 Å². The fraction of sp³-hybridized carbons (Fsp3) is 0.867. The second-order valence-corrected chi connectivity index (χ2v) is 5.40. The zero-order chi connectivity index (χ0) is 14.3. The SMILES string of the molecule is CCCC(CCC)C(=O)N1CCC(C(=O)OC)CC1. The third kappa shape index (κ3) is 4.51. The van der Waals surface area contributed by atoms with Gasteiger partial charge in [-0.2, -0.15) is 0 Å². The van der Waals surface area contributed by atoms with Gasteiger partial charge in [0.1, 0.15) is 0 Å². The predicted molar refractivity (Wildman–Crippen MR) is 74.6 cm³/mol. The summed E-state index contributed by atoms with van der Waals surface area (Å²) in [6.07, 6.45) is 5.53. The fourth-order valence-corrected chi connectivity index (χ4v) is 2.85. The molecule has 4 heteroatoms. The summed E-state index contributed by atoms with van der Waals surface area (Å²) >= 11 is 0. The minimum absolute atomic E-state index is 0.0233. The van der Waals surface area contributed by atoms with E-state index in [0.29, 0.717) is 13.1 Å². The summed E-state index contributed by atoms with van der Waals surface area (Å²) in [6.45, 7) is 5.64. The standard InChI is InChI=1S/C15H27NO3/c1-4-6-12(7-5-2)14(17)16-10-8-13(9-11-16)15(18)19-3/h12-13H,4-11H2,1-3H3. The van der Waals surface area contributed by atoms with Crippen LogP contribution in [-0.2, 0) is 14.3 Å². The normalized spacial score (nSPS) is 16.7. The van der Waals surface area contributed by atoms with Gasteiger partial charge in [0.15, 0.2) is 0 Å². The van der Waals surface area contributed by atoms with Crippen LogP contribution in [0.5, 0.6) is 0 Å². The first-order valence-corrected chi connectivity index (χ1v) is 7.50. The number of hydrogen-bond acceptors (Lipinski definition) is 3. The van der Waals surface area contributed by atoms with E-state index in [4.69, 9.17) is 4.74 Å². The molecular formula is C15H27NO3. The van der Waals surface area contributed by atoms with Crippen LogP contribution in [0.25, 0.3) is 0 Å². The van der Waals surface area contributed by atoms with Gasteiger partial charge in [-0.1, -0.05) is 26.7 Å². The highest BCUT2D eigenvalue weighted by molar-refractivity contribution is 5.79.